The minimum Gasteiger partial charge on any atom is -0.360 e. The summed E-state index contributed by atoms with van der Waals surface area (Å²) in [6.45, 7) is 5.83. The molecule has 3 rings (SSSR count). The summed E-state index contributed by atoms with van der Waals surface area (Å²) in [5.74, 6) is 0.866. The number of carbonyl (C=O) groups excluding carboxylic acids is 1. The molecule has 8 heteroatoms. The summed E-state index contributed by atoms with van der Waals surface area (Å²) in [6.07, 6.45) is 0. The van der Waals surface area contributed by atoms with E-state index in [1.54, 1.807) is 20.0 Å². The van der Waals surface area contributed by atoms with Crippen molar-refractivity contribution in [1.29, 1.82) is 0 Å². The summed E-state index contributed by atoms with van der Waals surface area (Å²) in [5, 5.41) is 5.72. The first-order valence-electron chi connectivity index (χ1n) is 7.56. The average molecular weight is 346 g/mol. The summed E-state index contributed by atoms with van der Waals surface area (Å²) in [7, 11) is 1.66. The summed E-state index contributed by atoms with van der Waals surface area (Å²) < 4.78 is 5.86. The normalized spacial score (nSPS) is 11.4. The van der Waals surface area contributed by atoms with Crippen LogP contribution in [0.25, 0.3) is 10.2 Å². The van der Waals surface area contributed by atoms with Gasteiger partial charge in [-0.15, -0.1) is 11.3 Å². The number of thiophene rings is 1. The number of aryl methyl sites for hydroxylation is 1. The Bertz CT molecular complexity index is 954. The smallest absolute Gasteiger partial charge is 0.268 e. The molecule has 0 unspecified atom stereocenters. The second kappa shape index (κ2) is 6.20. The minimum absolute atomic E-state index is 0.0543. The van der Waals surface area contributed by atoms with Crippen LogP contribution in [0.15, 0.2) is 20.8 Å². The third-order valence-corrected chi connectivity index (χ3v) is 4.63. The second-order valence-corrected chi connectivity index (χ2v) is 6.89. The zero-order valence-corrected chi connectivity index (χ0v) is 14.7. The van der Waals surface area contributed by atoms with Crippen molar-refractivity contribution in [2.45, 2.75) is 33.2 Å². The van der Waals surface area contributed by atoms with Crippen LogP contribution in [0.4, 0.5) is 0 Å². The zero-order chi connectivity index (χ0) is 17.4. The van der Waals surface area contributed by atoms with Gasteiger partial charge in [-0.05, 0) is 18.4 Å². The van der Waals surface area contributed by atoms with Crippen molar-refractivity contribution in [3.63, 3.8) is 0 Å². The SMILES string of the molecule is Cc1noc(C(C)C)c1C(=O)N(C)Cc1nc2ccsc2c(=O)[nH]1. The lowest BCUT2D eigenvalue weighted by atomic mass is 10.0. The molecule has 0 saturated carbocycles. The molecule has 0 aromatic carbocycles. The molecule has 0 aliphatic heterocycles. The van der Waals surface area contributed by atoms with Crippen LogP contribution in [0, 0.1) is 6.92 Å². The second-order valence-electron chi connectivity index (χ2n) is 5.97. The summed E-state index contributed by atoms with van der Waals surface area (Å²) >= 11 is 1.35. The molecule has 7 nitrogen and oxygen atoms in total. The molecule has 0 saturated heterocycles. The lowest BCUT2D eigenvalue weighted by Gasteiger charge is -2.17. The predicted octanol–water partition coefficient (Wildman–Crippen LogP) is 2.68. The van der Waals surface area contributed by atoms with Crippen LogP contribution in [-0.2, 0) is 6.54 Å². The van der Waals surface area contributed by atoms with Crippen molar-refractivity contribution in [2.75, 3.05) is 7.05 Å². The number of H-pyrrole nitrogens is 1. The number of hydrogen-bond donors (Lipinski definition) is 1. The molecule has 3 heterocycles. The fourth-order valence-corrected chi connectivity index (χ4v) is 3.25. The van der Waals surface area contributed by atoms with E-state index in [9.17, 15) is 9.59 Å². The van der Waals surface area contributed by atoms with Gasteiger partial charge in [-0.1, -0.05) is 19.0 Å². The maximum absolute atomic E-state index is 12.8. The molecular formula is C16H18N4O3S. The molecular weight excluding hydrogens is 328 g/mol. The Morgan fingerprint density at radius 3 is 2.92 bits per heavy atom. The molecule has 1 N–H and O–H groups in total. The highest BCUT2D eigenvalue weighted by atomic mass is 32.1. The number of aromatic amines is 1. The molecule has 0 fully saturated rings. The minimum atomic E-state index is -0.203. The van der Waals surface area contributed by atoms with Crippen LogP contribution in [0.2, 0.25) is 0 Å². The molecule has 126 valence electrons. The van der Waals surface area contributed by atoms with E-state index in [-0.39, 0.29) is 23.9 Å². The third kappa shape index (κ3) is 2.84. The Morgan fingerprint density at radius 2 is 2.21 bits per heavy atom. The van der Waals surface area contributed by atoms with Crippen LogP contribution in [0.1, 0.15) is 47.4 Å². The number of carbonyl (C=O) groups is 1. The fraction of sp³-hybridized carbons (Fsp3) is 0.375. The lowest BCUT2D eigenvalue weighted by molar-refractivity contribution is 0.0778. The molecule has 1 amide bonds. The Balaban J connectivity index is 1.88. The molecule has 0 atom stereocenters. The van der Waals surface area contributed by atoms with Gasteiger partial charge in [0.05, 0.1) is 17.8 Å². The molecule has 3 aromatic rings. The van der Waals surface area contributed by atoms with Crippen molar-refractivity contribution >= 4 is 27.5 Å². The first kappa shape index (κ1) is 16.4. The zero-order valence-electron chi connectivity index (χ0n) is 13.9. The fourth-order valence-electron chi connectivity index (χ4n) is 2.53. The number of amides is 1. The van der Waals surface area contributed by atoms with Crippen LogP contribution < -0.4 is 5.56 Å². The van der Waals surface area contributed by atoms with Gasteiger partial charge in [-0.25, -0.2) is 4.98 Å². The van der Waals surface area contributed by atoms with Gasteiger partial charge in [0.25, 0.3) is 11.5 Å². The van der Waals surface area contributed by atoms with E-state index in [0.29, 0.717) is 33.1 Å². The van der Waals surface area contributed by atoms with E-state index in [1.165, 1.54) is 16.2 Å². The Morgan fingerprint density at radius 1 is 1.46 bits per heavy atom. The number of nitrogens with one attached hydrogen (secondary N) is 1. The highest BCUT2D eigenvalue weighted by Gasteiger charge is 2.25. The highest BCUT2D eigenvalue weighted by molar-refractivity contribution is 7.17. The monoisotopic (exact) mass is 346 g/mol. The molecule has 24 heavy (non-hydrogen) atoms. The van der Waals surface area contributed by atoms with Crippen LogP contribution >= 0.6 is 11.3 Å². The number of nitrogens with zero attached hydrogens (tertiary/aromatic N) is 3. The summed E-state index contributed by atoms with van der Waals surface area (Å²) in [5.41, 5.74) is 1.50. The van der Waals surface area contributed by atoms with Gasteiger partial charge in [0, 0.05) is 13.0 Å². The quantitative estimate of drug-likeness (QED) is 0.784. The number of aromatic nitrogens is 3. The summed E-state index contributed by atoms with van der Waals surface area (Å²) in [6, 6.07) is 1.79. The van der Waals surface area contributed by atoms with Gasteiger partial charge in [-0.2, -0.15) is 0 Å². The number of fused-ring (bicyclic) bond motifs is 1. The number of rotatable bonds is 4. The molecule has 0 bridgehead atoms. The van der Waals surface area contributed by atoms with E-state index in [2.05, 4.69) is 15.1 Å². The standard InChI is InChI=1S/C16H18N4O3S/c1-8(2)13-12(9(3)19-23-13)16(22)20(4)7-11-17-10-5-6-24-14(10)15(21)18-11/h5-6,8H,7H2,1-4H3,(H,17,18,21). The molecule has 0 radical (unpaired) electrons. The van der Waals surface area contributed by atoms with Crippen molar-refractivity contribution in [3.8, 4) is 0 Å². The van der Waals surface area contributed by atoms with E-state index in [4.69, 9.17) is 4.52 Å². The Labute approximate surface area is 142 Å². The van der Waals surface area contributed by atoms with Crippen LogP contribution in [0.5, 0.6) is 0 Å². The number of hydrogen-bond acceptors (Lipinski definition) is 6. The summed E-state index contributed by atoms with van der Waals surface area (Å²) in [4.78, 5) is 33.4. The lowest BCUT2D eigenvalue weighted by Crippen LogP contribution is -2.29. The van der Waals surface area contributed by atoms with Crippen molar-refractivity contribution in [2.24, 2.45) is 0 Å². The van der Waals surface area contributed by atoms with Gasteiger partial charge in [-0.3, -0.25) is 9.59 Å². The van der Waals surface area contributed by atoms with E-state index in [0.717, 1.165) is 0 Å². The molecule has 0 aliphatic rings. The van der Waals surface area contributed by atoms with Gasteiger partial charge in [0.2, 0.25) is 0 Å². The van der Waals surface area contributed by atoms with E-state index in [1.807, 2.05) is 19.2 Å². The first-order chi connectivity index (χ1) is 11.4. The highest BCUT2D eigenvalue weighted by Crippen LogP contribution is 2.23. The van der Waals surface area contributed by atoms with Gasteiger partial charge in [0.1, 0.15) is 16.1 Å². The van der Waals surface area contributed by atoms with Crippen LogP contribution in [0.3, 0.4) is 0 Å². The van der Waals surface area contributed by atoms with E-state index < -0.39 is 0 Å². The molecule has 0 aliphatic carbocycles. The predicted molar refractivity (Wildman–Crippen MR) is 91.4 cm³/mol. The molecule has 0 spiro atoms. The van der Waals surface area contributed by atoms with E-state index >= 15 is 0 Å². The Hall–Kier alpha value is -2.48. The van der Waals surface area contributed by atoms with Gasteiger partial charge < -0.3 is 14.4 Å². The first-order valence-corrected chi connectivity index (χ1v) is 8.44. The van der Waals surface area contributed by atoms with Crippen molar-refractivity contribution < 1.29 is 9.32 Å². The van der Waals surface area contributed by atoms with Crippen LogP contribution in [-0.4, -0.2) is 33.0 Å². The molecule has 3 aromatic heterocycles. The maximum Gasteiger partial charge on any atom is 0.268 e. The largest absolute Gasteiger partial charge is 0.360 e. The third-order valence-electron chi connectivity index (χ3n) is 3.72. The Kier molecular flexibility index (Phi) is 4.23. The topological polar surface area (TPSA) is 92.1 Å². The van der Waals surface area contributed by atoms with Gasteiger partial charge >= 0.3 is 0 Å². The van der Waals surface area contributed by atoms with Crippen molar-refractivity contribution in [3.05, 3.63) is 44.6 Å². The average Bonchev–Trinajstić information content (AvgIpc) is 3.13. The van der Waals surface area contributed by atoms with Gasteiger partial charge in [0.15, 0.2) is 5.76 Å². The maximum atomic E-state index is 12.8. The van der Waals surface area contributed by atoms with Crippen molar-refractivity contribution in [1.82, 2.24) is 20.0 Å².